The number of carbonyl (C=O) groups is 1. The highest BCUT2D eigenvalue weighted by Crippen LogP contribution is 2.35. The van der Waals surface area contributed by atoms with Crippen molar-refractivity contribution < 1.29 is 9.53 Å². The molecule has 1 unspecified atom stereocenters. The quantitative estimate of drug-likeness (QED) is 0.389. The molecule has 0 fully saturated rings. The number of ether oxygens (including phenoxy) is 1. The third-order valence-corrected chi connectivity index (χ3v) is 6.19. The molecule has 0 saturated carbocycles. The van der Waals surface area contributed by atoms with Crippen LogP contribution in [0.15, 0.2) is 66.7 Å². The maximum Gasteiger partial charge on any atom is 0.160 e. The van der Waals surface area contributed by atoms with Gasteiger partial charge in [0, 0.05) is 16.4 Å². The van der Waals surface area contributed by atoms with E-state index in [4.69, 9.17) is 4.74 Å². The molecule has 0 aliphatic carbocycles. The van der Waals surface area contributed by atoms with Crippen molar-refractivity contribution in [2.45, 2.75) is 46.6 Å². The van der Waals surface area contributed by atoms with Crippen LogP contribution in [0.2, 0.25) is 0 Å². The van der Waals surface area contributed by atoms with Gasteiger partial charge in [-0.2, -0.15) is 0 Å². The zero-order chi connectivity index (χ0) is 21.0. The van der Waals surface area contributed by atoms with Crippen LogP contribution < -0.4 is 15.3 Å². The van der Waals surface area contributed by atoms with Crippen molar-refractivity contribution in [3.05, 3.63) is 89.0 Å². The van der Waals surface area contributed by atoms with Crippen LogP contribution in [0.3, 0.4) is 0 Å². The first kappa shape index (κ1) is 21.3. The normalized spacial score (nSPS) is 11.8. The lowest BCUT2D eigenvalue weighted by Gasteiger charge is -2.26. The van der Waals surface area contributed by atoms with Gasteiger partial charge in [-0.05, 0) is 41.8 Å². The summed E-state index contributed by atoms with van der Waals surface area (Å²) in [4.78, 5) is 12.1. The molecular formula is C26H29O2P. The Morgan fingerprint density at radius 1 is 0.931 bits per heavy atom. The fourth-order valence-corrected chi connectivity index (χ4v) is 4.84. The molecule has 3 heteroatoms. The number of benzene rings is 3. The lowest BCUT2D eigenvalue weighted by molar-refractivity contribution is 0.101. The summed E-state index contributed by atoms with van der Waals surface area (Å²) < 4.78 is 6.43. The van der Waals surface area contributed by atoms with E-state index in [1.54, 1.807) is 6.92 Å². The second-order valence-corrected chi connectivity index (χ2v) is 9.77. The van der Waals surface area contributed by atoms with E-state index < -0.39 is 0 Å². The highest BCUT2D eigenvalue weighted by atomic mass is 31.1. The maximum atomic E-state index is 12.1. The van der Waals surface area contributed by atoms with Crippen molar-refractivity contribution in [2.24, 2.45) is 0 Å². The molecule has 0 radical (unpaired) electrons. The van der Waals surface area contributed by atoms with E-state index in [1.807, 2.05) is 36.4 Å². The second-order valence-electron chi connectivity index (χ2n) is 8.44. The molecule has 0 N–H and O–H groups in total. The molecule has 1 atom stereocenters. The summed E-state index contributed by atoms with van der Waals surface area (Å²) in [5.74, 6) is 1.05. The molecule has 0 amide bonds. The first-order valence-electron chi connectivity index (χ1n) is 9.94. The number of rotatable bonds is 6. The van der Waals surface area contributed by atoms with Crippen LogP contribution in [0.4, 0.5) is 0 Å². The first-order chi connectivity index (χ1) is 13.8. The minimum absolute atomic E-state index is 0.0443. The Kier molecular flexibility index (Phi) is 6.55. The molecule has 3 rings (SSSR count). The summed E-state index contributed by atoms with van der Waals surface area (Å²) in [6.45, 7) is 10.9. The number of carbonyl (C=O) groups excluding carboxylic acids is 1. The van der Waals surface area contributed by atoms with Gasteiger partial charge < -0.3 is 4.74 Å². The molecule has 3 aromatic carbocycles. The van der Waals surface area contributed by atoms with Gasteiger partial charge in [0.15, 0.2) is 5.78 Å². The maximum absolute atomic E-state index is 12.1. The smallest absolute Gasteiger partial charge is 0.160 e. The summed E-state index contributed by atoms with van der Waals surface area (Å²) in [5.41, 5.74) is 4.31. The number of Topliss-reactive ketones (excluding diaryl/α,β-unsaturated/α-hetero) is 1. The minimum atomic E-state index is -0.0443. The van der Waals surface area contributed by atoms with E-state index in [2.05, 4.69) is 58.0 Å². The lowest BCUT2D eigenvalue weighted by Crippen LogP contribution is -2.20. The highest BCUT2D eigenvalue weighted by Gasteiger charge is 2.23. The molecule has 0 aliphatic rings. The third-order valence-electron chi connectivity index (χ3n) is 4.84. The number of hydrogen-bond donors (Lipinski definition) is 0. The van der Waals surface area contributed by atoms with Gasteiger partial charge in [-0.25, -0.2) is 0 Å². The zero-order valence-corrected chi connectivity index (χ0v) is 18.9. The van der Waals surface area contributed by atoms with Gasteiger partial charge in [0.05, 0.1) is 0 Å². The highest BCUT2D eigenvalue weighted by molar-refractivity contribution is 7.56. The van der Waals surface area contributed by atoms with E-state index >= 15 is 0 Å². The van der Waals surface area contributed by atoms with Crippen molar-refractivity contribution in [3.8, 4) is 5.75 Å². The Morgan fingerprint density at radius 2 is 1.59 bits per heavy atom. The standard InChI is InChI=1S/C26H29O2P/c1-18-15-22(26(3,4)5)25(28-17-20-11-7-6-8-12-20)24(16-18)29-23-14-10-9-13-21(23)19(2)27/h6-16,29H,17H2,1-5H3. The van der Waals surface area contributed by atoms with Crippen LogP contribution in [0, 0.1) is 6.92 Å². The molecular weight excluding hydrogens is 375 g/mol. The lowest BCUT2D eigenvalue weighted by atomic mass is 9.85. The Morgan fingerprint density at radius 3 is 2.24 bits per heavy atom. The SMILES string of the molecule is CC(=O)c1ccccc1Pc1cc(C)cc(C(C)(C)C)c1OCc1ccccc1. The molecule has 0 heterocycles. The molecule has 0 saturated heterocycles. The van der Waals surface area contributed by atoms with Gasteiger partial charge in [0.1, 0.15) is 12.4 Å². The van der Waals surface area contributed by atoms with Crippen molar-refractivity contribution in [1.29, 1.82) is 0 Å². The van der Waals surface area contributed by atoms with Gasteiger partial charge in [-0.15, -0.1) is 0 Å². The van der Waals surface area contributed by atoms with E-state index in [0.29, 0.717) is 15.2 Å². The molecule has 0 spiro atoms. The van der Waals surface area contributed by atoms with E-state index in [-0.39, 0.29) is 11.2 Å². The molecule has 29 heavy (non-hydrogen) atoms. The van der Waals surface area contributed by atoms with Gasteiger partial charge in [-0.3, -0.25) is 4.79 Å². The summed E-state index contributed by atoms with van der Waals surface area (Å²) in [6.07, 6.45) is 0. The molecule has 2 nitrogen and oxygen atoms in total. The number of ketones is 1. The molecule has 0 bridgehead atoms. The van der Waals surface area contributed by atoms with E-state index in [0.717, 1.165) is 27.5 Å². The average Bonchev–Trinajstić information content (AvgIpc) is 2.67. The van der Waals surface area contributed by atoms with Crippen molar-refractivity contribution >= 4 is 25.0 Å². The van der Waals surface area contributed by atoms with Crippen LogP contribution in [0.5, 0.6) is 5.75 Å². The molecule has 0 aliphatic heterocycles. The Hall–Kier alpha value is -2.44. The zero-order valence-electron chi connectivity index (χ0n) is 17.9. The van der Waals surface area contributed by atoms with Gasteiger partial charge in [-0.1, -0.05) is 90.0 Å². The molecule has 3 aromatic rings. The van der Waals surface area contributed by atoms with E-state index in [9.17, 15) is 4.79 Å². The number of aryl methyl sites for hydroxylation is 1. The fraction of sp³-hybridized carbons (Fsp3) is 0.269. The monoisotopic (exact) mass is 404 g/mol. The summed E-state index contributed by atoms with van der Waals surface area (Å²) in [5, 5.41) is 2.22. The van der Waals surface area contributed by atoms with Gasteiger partial charge in [0.2, 0.25) is 0 Å². The molecule has 150 valence electrons. The average molecular weight is 404 g/mol. The fourth-order valence-electron chi connectivity index (χ4n) is 3.35. The van der Waals surface area contributed by atoms with Crippen molar-refractivity contribution in [2.75, 3.05) is 0 Å². The van der Waals surface area contributed by atoms with Crippen molar-refractivity contribution in [1.82, 2.24) is 0 Å². The van der Waals surface area contributed by atoms with Crippen LogP contribution in [0.25, 0.3) is 0 Å². The van der Waals surface area contributed by atoms with Gasteiger partial charge >= 0.3 is 0 Å². The summed E-state index contributed by atoms with van der Waals surface area (Å²) >= 11 is 0. The Bertz CT molecular complexity index is 1000. The summed E-state index contributed by atoms with van der Waals surface area (Å²) in [6, 6.07) is 22.6. The van der Waals surface area contributed by atoms with Gasteiger partial charge in [0.25, 0.3) is 0 Å². The third kappa shape index (κ3) is 5.34. The van der Waals surface area contributed by atoms with Crippen LogP contribution in [-0.2, 0) is 12.0 Å². The Balaban J connectivity index is 2.05. The Labute approximate surface area is 176 Å². The predicted molar refractivity (Wildman–Crippen MR) is 125 cm³/mol. The minimum Gasteiger partial charge on any atom is -0.488 e. The molecule has 0 aromatic heterocycles. The predicted octanol–water partition coefficient (Wildman–Crippen LogP) is 5.70. The first-order valence-corrected chi connectivity index (χ1v) is 10.9. The largest absolute Gasteiger partial charge is 0.488 e. The van der Waals surface area contributed by atoms with E-state index in [1.165, 1.54) is 11.1 Å². The van der Waals surface area contributed by atoms with Crippen molar-refractivity contribution in [3.63, 3.8) is 0 Å². The second kappa shape index (κ2) is 8.93. The topological polar surface area (TPSA) is 26.3 Å². The van der Waals surface area contributed by atoms with Crippen LogP contribution in [-0.4, -0.2) is 5.78 Å². The van der Waals surface area contributed by atoms with Crippen LogP contribution >= 0.6 is 8.58 Å². The van der Waals surface area contributed by atoms with Crippen LogP contribution in [0.1, 0.15) is 54.7 Å². The number of hydrogen-bond acceptors (Lipinski definition) is 2. The summed E-state index contributed by atoms with van der Waals surface area (Å²) in [7, 11) is 0.361.